The maximum absolute atomic E-state index is 12.5. The topological polar surface area (TPSA) is 114 Å². The van der Waals surface area contributed by atoms with E-state index in [0.29, 0.717) is 6.42 Å². The monoisotopic (exact) mass is 370 g/mol. The van der Waals surface area contributed by atoms with E-state index in [4.69, 9.17) is 14.3 Å². The van der Waals surface area contributed by atoms with E-state index in [1.807, 2.05) is 6.92 Å². The fraction of sp³-hybridized carbons (Fsp3) is 0.250. The summed E-state index contributed by atoms with van der Waals surface area (Å²) in [5, 5.41) is 19.2. The Morgan fingerprint density at radius 1 is 1.19 bits per heavy atom. The maximum Gasteiger partial charge on any atom is 0.334 e. The van der Waals surface area contributed by atoms with Crippen LogP contribution in [0.2, 0.25) is 0 Å². The molecule has 1 aromatic heterocycles. The largest absolute Gasteiger partial charge is 0.504 e. The first-order valence-corrected chi connectivity index (χ1v) is 8.47. The molecule has 0 amide bonds. The molecule has 1 aliphatic carbocycles. The highest BCUT2D eigenvalue weighted by Crippen LogP contribution is 2.31. The predicted octanol–water partition coefficient (Wildman–Crippen LogP) is 2.52. The van der Waals surface area contributed by atoms with Crippen LogP contribution < -0.4 is 0 Å². The van der Waals surface area contributed by atoms with Crippen molar-refractivity contribution >= 4 is 23.3 Å². The van der Waals surface area contributed by atoms with Crippen LogP contribution in [0, 0.1) is 5.92 Å². The second kappa shape index (κ2) is 7.59. The summed E-state index contributed by atoms with van der Waals surface area (Å²) < 4.78 is 10.3. The third kappa shape index (κ3) is 3.54. The predicted molar refractivity (Wildman–Crippen MR) is 94.4 cm³/mol. The average molecular weight is 370 g/mol. The molecular weight excluding hydrogens is 352 g/mol. The van der Waals surface area contributed by atoms with Gasteiger partial charge in [0.15, 0.2) is 23.1 Å². The van der Waals surface area contributed by atoms with Gasteiger partial charge in [-0.15, -0.1) is 0 Å². The number of hydrogen-bond donors (Lipinski definition) is 2. The van der Waals surface area contributed by atoms with Crippen molar-refractivity contribution in [1.82, 2.24) is 0 Å². The number of hydrogen-bond acceptors (Lipinski definition) is 7. The smallest absolute Gasteiger partial charge is 0.334 e. The van der Waals surface area contributed by atoms with E-state index in [9.17, 15) is 19.5 Å². The second-order valence-electron chi connectivity index (χ2n) is 6.17. The lowest BCUT2D eigenvalue weighted by Gasteiger charge is -2.11. The van der Waals surface area contributed by atoms with E-state index in [1.165, 1.54) is 12.1 Å². The third-order valence-electron chi connectivity index (χ3n) is 4.40. The van der Waals surface area contributed by atoms with Crippen LogP contribution in [0.4, 0.5) is 0 Å². The molecule has 0 radical (unpaired) electrons. The SMILES string of the molecule is CCC(CO)COC(=O)/C=C(\O)c1cc2c(o1)C(=O)c1ccccc1C2=O. The van der Waals surface area contributed by atoms with Crippen molar-refractivity contribution < 1.29 is 33.8 Å². The fourth-order valence-electron chi connectivity index (χ4n) is 2.73. The first-order valence-electron chi connectivity index (χ1n) is 8.47. The van der Waals surface area contributed by atoms with Gasteiger partial charge in [0, 0.05) is 23.7 Å². The number of benzene rings is 1. The molecule has 1 aliphatic rings. The minimum Gasteiger partial charge on any atom is -0.504 e. The van der Waals surface area contributed by atoms with Gasteiger partial charge in [-0.2, -0.15) is 0 Å². The first-order chi connectivity index (χ1) is 13.0. The summed E-state index contributed by atoms with van der Waals surface area (Å²) in [6, 6.07) is 7.59. The lowest BCUT2D eigenvalue weighted by molar-refractivity contribution is -0.139. The molecule has 2 aromatic rings. The number of rotatable bonds is 6. The number of ether oxygens (including phenoxy) is 1. The summed E-state index contributed by atoms with van der Waals surface area (Å²) in [5.41, 5.74) is 0.529. The molecular formula is C20H18O7. The highest BCUT2D eigenvalue weighted by molar-refractivity contribution is 6.27. The highest BCUT2D eigenvalue weighted by Gasteiger charge is 2.34. The molecule has 2 N–H and O–H groups in total. The number of aliphatic hydroxyl groups excluding tert-OH is 2. The molecule has 1 unspecified atom stereocenters. The molecule has 140 valence electrons. The Balaban J connectivity index is 1.82. The highest BCUT2D eigenvalue weighted by atomic mass is 16.5. The van der Waals surface area contributed by atoms with Crippen LogP contribution in [0.1, 0.15) is 51.1 Å². The van der Waals surface area contributed by atoms with Crippen LogP contribution in [-0.4, -0.2) is 41.0 Å². The van der Waals surface area contributed by atoms with Crippen molar-refractivity contribution in [2.45, 2.75) is 13.3 Å². The van der Waals surface area contributed by atoms with Gasteiger partial charge in [0.05, 0.1) is 18.2 Å². The van der Waals surface area contributed by atoms with Gasteiger partial charge in [0.25, 0.3) is 0 Å². The summed E-state index contributed by atoms with van der Waals surface area (Å²) in [7, 11) is 0. The molecule has 7 heteroatoms. The van der Waals surface area contributed by atoms with E-state index >= 15 is 0 Å². The van der Waals surface area contributed by atoms with Gasteiger partial charge in [-0.3, -0.25) is 9.59 Å². The van der Waals surface area contributed by atoms with Crippen molar-refractivity contribution in [3.63, 3.8) is 0 Å². The first kappa shape index (κ1) is 18.6. The zero-order valence-corrected chi connectivity index (χ0v) is 14.6. The Bertz CT molecular complexity index is 879. The molecule has 0 aliphatic heterocycles. The van der Waals surface area contributed by atoms with Gasteiger partial charge < -0.3 is 19.4 Å². The Morgan fingerprint density at radius 2 is 1.85 bits per heavy atom. The summed E-state index contributed by atoms with van der Waals surface area (Å²) in [5.74, 6) is -2.77. The Hall–Kier alpha value is -3.19. The molecule has 1 heterocycles. The van der Waals surface area contributed by atoms with Crippen molar-refractivity contribution in [3.8, 4) is 0 Å². The average Bonchev–Trinajstić information content (AvgIpc) is 3.13. The van der Waals surface area contributed by atoms with Crippen molar-refractivity contribution in [1.29, 1.82) is 0 Å². The quantitative estimate of drug-likeness (QED) is 0.389. The number of esters is 1. The van der Waals surface area contributed by atoms with Crippen LogP contribution in [0.25, 0.3) is 5.76 Å². The molecule has 0 saturated heterocycles. The van der Waals surface area contributed by atoms with Crippen LogP contribution >= 0.6 is 0 Å². The fourth-order valence-corrected chi connectivity index (χ4v) is 2.73. The number of furan rings is 1. The number of carbonyl (C=O) groups is 3. The zero-order valence-electron chi connectivity index (χ0n) is 14.6. The summed E-state index contributed by atoms with van der Waals surface area (Å²) >= 11 is 0. The molecule has 0 spiro atoms. The molecule has 1 aromatic carbocycles. The summed E-state index contributed by atoms with van der Waals surface area (Å²) in [4.78, 5) is 36.8. The molecule has 1 atom stereocenters. The van der Waals surface area contributed by atoms with Crippen molar-refractivity contribution in [3.05, 3.63) is 64.6 Å². The molecule has 0 fully saturated rings. The lowest BCUT2D eigenvalue weighted by Crippen LogP contribution is -2.18. The van der Waals surface area contributed by atoms with Gasteiger partial charge in [-0.1, -0.05) is 31.2 Å². The van der Waals surface area contributed by atoms with Crippen molar-refractivity contribution in [2.24, 2.45) is 5.92 Å². The number of ketones is 2. The number of fused-ring (bicyclic) bond motifs is 2. The van der Waals surface area contributed by atoms with E-state index in [2.05, 4.69) is 0 Å². The Kier molecular flexibility index (Phi) is 5.23. The standard InChI is InChI=1S/C20H18O7/c1-2-11(9-21)10-26-17(23)8-15(22)16-7-14-18(24)12-5-3-4-6-13(12)19(25)20(14)27-16/h3-8,11,21-22H,2,9-10H2,1H3/b15-8-. The molecule has 0 bridgehead atoms. The van der Waals surface area contributed by atoms with E-state index < -0.39 is 17.5 Å². The van der Waals surface area contributed by atoms with Crippen LogP contribution in [0.5, 0.6) is 0 Å². The van der Waals surface area contributed by atoms with Gasteiger partial charge in [-0.05, 0) is 12.5 Å². The van der Waals surface area contributed by atoms with Gasteiger partial charge in [0.1, 0.15) is 0 Å². The summed E-state index contributed by atoms with van der Waals surface area (Å²) in [6.07, 6.45) is 1.44. The van der Waals surface area contributed by atoms with Crippen LogP contribution in [-0.2, 0) is 9.53 Å². The maximum atomic E-state index is 12.5. The normalized spacial score (nSPS) is 14.5. The summed E-state index contributed by atoms with van der Waals surface area (Å²) in [6.45, 7) is 1.74. The van der Waals surface area contributed by atoms with Gasteiger partial charge in [-0.25, -0.2) is 4.79 Å². The van der Waals surface area contributed by atoms with Crippen LogP contribution in [0.15, 0.2) is 40.8 Å². The zero-order chi connectivity index (χ0) is 19.6. The van der Waals surface area contributed by atoms with E-state index in [-0.39, 0.29) is 53.1 Å². The number of carbonyl (C=O) groups excluding carboxylic acids is 3. The molecule has 0 saturated carbocycles. The number of aliphatic hydroxyl groups is 2. The minimum atomic E-state index is -0.824. The Morgan fingerprint density at radius 3 is 2.48 bits per heavy atom. The van der Waals surface area contributed by atoms with Crippen molar-refractivity contribution in [2.75, 3.05) is 13.2 Å². The third-order valence-corrected chi connectivity index (χ3v) is 4.40. The van der Waals surface area contributed by atoms with Gasteiger partial charge in [0.2, 0.25) is 5.78 Å². The second-order valence-corrected chi connectivity index (χ2v) is 6.17. The lowest BCUT2D eigenvalue weighted by atomic mass is 9.88. The Labute approximate surface area is 154 Å². The molecule has 7 nitrogen and oxygen atoms in total. The van der Waals surface area contributed by atoms with Crippen LogP contribution in [0.3, 0.4) is 0 Å². The molecule has 3 rings (SSSR count). The van der Waals surface area contributed by atoms with Gasteiger partial charge >= 0.3 is 5.97 Å². The van der Waals surface area contributed by atoms with E-state index in [1.54, 1.807) is 18.2 Å². The minimum absolute atomic E-state index is 0.0105. The molecule has 27 heavy (non-hydrogen) atoms. The van der Waals surface area contributed by atoms with E-state index in [0.717, 1.165) is 6.08 Å².